The first-order chi connectivity index (χ1) is 16.5. The Hall–Kier alpha value is -3.21. The minimum absolute atomic E-state index is 0.0530. The van der Waals surface area contributed by atoms with Crippen LogP contribution in [0.1, 0.15) is 35.8 Å². The van der Waals surface area contributed by atoms with Crippen molar-refractivity contribution in [2.24, 2.45) is 0 Å². The third-order valence-electron chi connectivity index (χ3n) is 5.15. The molecule has 0 aromatic carbocycles. The summed E-state index contributed by atoms with van der Waals surface area (Å²) in [6.07, 6.45) is 2.50. The lowest BCUT2D eigenvalue weighted by Gasteiger charge is -2.16. The molecule has 0 aliphatic rings. The van der Waals surface area contributed by atoms with Gasteiger partial charge in [0.1, 0.15) is 45.2 Å². The van der Waals surface area contributed by atoms with E-state index in [0.717, 1.165) is 11.8 Å². The Morgan fingerprint density at radius 2 is 1.89 bits per heavy atom. The van der Waals surface area contributed by atoms with Crippen LogP contribution in [-0.4, -0.2) is 24.6 Å². The number of pyridine rings is 3. The summed E-state index contributed by atoms with van der Waals surface area (Å²) >= 11 is 7.64. The molecule has 0 bridgehead atoms. The van der Waals surface area contributed by atoms with Crippen molar-refractivity contribution in [3.63, 3.8) is 0 Å². The molecule has 1 N–H and O–H groups in total. The number of rotatable bonds is 6. The van der Waals surface area contributed by atoms with Crippen LogP contribution in [0.25, 0.3) is 17.1 Å². The summed E-state index contributed by atoms with van der Waals surface area (Å²) in [5, 5.41) is 12.3. The minimum Gasteiger partial charge on any atom is -0.485 e. The number of aliphatic hydroxyl groups is 1. The van der Waals surface area contributed by atoms with E-state index in [-0.39, 0.29) is 23.1 Å². The maximum absolute atomic E-state index is 13.9. The van der Waals surface area contributed by atoms with Crippen LogP contribution in [-0.2, 0) is 12.2 Å². The number of hydrogen-bond donors (Lipinski definition) is 1. The Kier molecular flexibility index (Phi) is 6.72. The predicted octanol–water partition coefficient (Wildman–Crippen LogP) is 5.11. The maximum atomic E-state index is 13.9. The van der Waals surface area contributed by atoms with Gasteiger partial charge in [-0.3, -0.25) is 19.3 Å². The highest BCUT2D eigenvalue weighted by atomic mass is 35.5. The van der Waals surface area contributed by atoms with Crippen molar-refractivity contribution in [3.8, 4) is 22.8 Å². The van der Waals surface area contributed by atoms with E-state index in [9.17, 15) is 18.7 Å². The van der Waals surface area contributed by atoms with E-state index in [1.165, 1.54) is 15.9 Å². The molecule has 11 heteroatoms. The predicted molar refractivity (Wildman–Crippen MR) is 129 cm³/mol. The van der Waals surface area contributed by atoms with Crippen LogP contribution in [0.5, 0.6) is 5.75 Å². The molecule has 0 atom stereocenters. The van der Waals surface area contributed by atoms with Crippen LogP contribution in [0.3, 0.4) is 0 Å². The fourth-order valence-electron chi connectivity index (χ4n) is 3.35. The lowest BCUT2D eigenvalue weighted by atomic mass is 10.1. The summed E-state index contributed by atoms with van der Waals surface area (Å²) in [6, 6.07) is 3.98. The van der Waals surface area contributed by atoms with Crippen molar-refractivity contribution in [3.05, 3.63) is 84.9 Å². The molecule has 4 aromatic rings. The van der Waals surface area contributed by atoms with Crippen molar-refractivity contribution in [1.29, 1.82) is 0 Å². The largest absolute Gasteiger partial charge is 0.485 e. The first-order valence-corrected chi connectivity index (χ1v) is 11.7. The molecule has 7 nitrogen and oxygen atoms in total. The lowest BCUT2D eigenvalue weighted by Crippen LogP contribution is -2.23. The van der Waals surface area contributed by atoms with E-state index in [4.69, 9.17) is 16.3 Å². The normalized spacial score (nSPS) is 11.7. The smallest absolute Gasteiger partial charge is 0.277 e. The fourth-order valence-corrected chi connectivity index (χ4v) is 4.38. The van der Waals surface area contributed by atoms with E-state index >= 15 is 0 Å². The zero-order chi connectivity index (χ0) is 25.5. The summed E-state index contributed by atoms with van der Waals surface area (Å²) in [4.78, 5) is 25.8. The molecule has 4 rings (SSSR count). The monoisotopic (exact) mass is 518 g/mol. The zero-order valence-electron chi connectivity index (χ0n) is 19.3. The van der Waals surface area contributed by atoms with Crippen molar-refractivity contribution >= 4 is 22.9 Å². The lowest BCUT2D eigenvalue weighted by molar-refractivity contribution is 0.0783. The van der Waals surface area contributed by atoms with E-state index in [1.54, 1.807) is 44.5 Å². The average Bonchev–Trinajstić information content (AvgIpc) is 3.28. The first kappa shape index (κ1) is 24.9. The maximum Gasteiger partial charge on any atom is 0.277 e. The topological polar surface area (TPSA) is 90.1 Å². The van der Waals surface area contributed by atoms with Gasteiger partial charge in [-0.25, -0.2) is 13.8 Å². The number of ether oxygens (including phenoxy) is 1. The molecule has 182 valence electrons. The van der Waals surface area contributed by atoms with Gasteiger partial charge < -0.3 is 9.84 Å². The Bertz CT molecular complexity index is 1480. The summed E-state index contributed by atoms with van der Waals surface area (Å²) in [6.45, 7) is 6.48. The molecule has 0 spiro atoms. The summed E-state index contributed by atoms with van der Waals surface area (Å²) < 4.78 is 33.9. The van der Waals surface area contributed by atoms with Crippen LogP contribution >= 0.6 is 22.9 Å². The summed E-state index contributed by atoms with van der Waals surface area (Å²) in [5.41, 5.74) is 1.14. The van der Waals surface area contributed by atoms with Gasteiger partial charge in [-0.2, -0.15) is 0 Å². The van der Waals surface area contributed by atoms with Crippen LogP contribution < -0.4 is 10.3 Å². The van der Waals surface area contributed by atoms with Gasteiger partial charge >= 0.3 is 0 Å². The van der Waals surface area contributed by atoms with E-state index in [1.807, 2.05) is 6.92 Å². The molecule has 0 radical (unpaired) electrons. The molecule has 0 aliphatic heterocycles. The molecule has 0 unspecified atom stereocenters. The second kappa shape index (κ2) is 9.44. The third-order valence-corrected chi connectivity index (χ3v) is 6.66. The van der Waals surface area contributed by atoms with Crippen molar-refractivity contribution in [2.75, 3.05) is 0 Å². The zero-order valence-corrected chi connectivity index (χ0v) is 20.8. The van der Waals surface area contributed by atoms with Gasteiger partial charge in [-0.05, 0) is 39.3 Å². The number of aromatic nitrogens is 4. The highest BCUT2D eigenvalue weighted by molar-refractivity contribution is 7.10. The van der Waals surface area contributed by atoms with Crippen LogP contribution in [0, 0.1) is 25.5 Å². The van der Waals surface area contributed by atoms with Gasteiger partial charge in [0.15, 0.2) is 5.82 Å². The van der Waals surface area contributed by atoms with Crippen LogP contribution in [0.2, 0.25) is 5.02 Å². The minimum atomic E-state index is -1.08. The van der Waals surface area contributed by atoms with Gasteiger partial charge in [0.2, 0.25) is 0 Å². The van der Waals surface area contributed by atoms with Crippen molar-refractivity contribution in [2.45, 2.75) is 39.9 Å². The van der Waals surface area contributed by atoms with Gasteiger partial charge in [0.25, 0.3) is 5.56 Å². The Labute approximate surface area is 208 Å². The highest BCUT2D eigenvalue weighted by Crippen LogP contribution is 2.30. The molecule has 35 heavy (non-hydrogen) atoms. The van der Waals surface area contributed by atoms with Gasteiger partial charge in [0.05, 0.1) is 17.6 Å². The van der Waals surface area contributed by atoms with Crippen LogP contribution in [0.4, 0.5) is 8.78 Å². The molecule has 0 saturated carbocycles. The molecule has 4 heterocycles. The number of nitrogens with zero attached hydrogens (tertiary/aromatic N) is 4. The standard InChI is InChI=1S/C24H21ClF2N4O3S/c1-12-8-28-16(18-11-35-23(30-18)24(3,4)33)7-19(12)31-13(2)5-20(21(25)22(31)32)34-10-17-15(27)6-14(26)9-29-17/h5-9,11,33H,10H2,1-4H3. The van der Waals surface area contributed by atoms with Crippen molar-refractivity contribution in [1.82, 2.24) is 19.5 Å². The second-order valence-electron chi connectivity index (χ2n) is 8.43. The quantitative estimate of drug-likeness (QED) is 0.381. The first-order valence-electron chi connectivity index (χ1n) is 10.5. The number of aryl methyl sites for hydroxylation is 2. The summed E-state index contributed by atoms with van der Waals surface area (Å²) in [7, 11) is 0. The van der Waals surface area contributed by atoms with Gasteiger partial charge in [0, 0.05) is 29.4 Å². The molecular formula is C24H21ClF2N4O3S. The SMILES string of the molecule is Cc1cnc(-c2csc(C(C)(C)O)n2)cc1-n1c(C)cc(OCc2ncc(F)cc2F)c(Cl)c1=O. The Morgan fingerprint density at radius 3 is 2.54 bits per heavy atom. The number of thiazole rings is 1. The third kappa shape index (κ3) is 5.09. The number of halogens is 3. The van der Waals surface area contributed by atoms with Crippen LogP contribution in [0.15, 0.2) is 40.8 Å². The number of hydrogen-bond acceptors (Lipinski definition) is 7. The molecule has 0 aliphatic carbocycles. The van der Waals surface area contributed by atoms with E-state index in [2.05, 4.69) is 15.0 Å². The average molecular weight is 519 g/mol. The van der Waals surface area contributed by atoms with Crippen molar-refractivity contribution < 1.29 is 18.6 Å². The Morgan fingerprint density at radius 1 is 1.14 bits per heavy atom. The molecule has 0 fully saturated rings. The molecule has 0 amide bonds. The Balaban J connectivity index is 1.70. The highest BCUT2D eigenvalue weighted by Gasteiger charge is 2.22. The fraction of sp³-hybridized carbons (Fsp3) is 0.250. The van der Waals surface area contributed by atoms with Gasteiger partial charge in [-0.15, -0.1) is 11.3 Å². The molecule has 0 saturated heterocycles. The molecular weight excluding hydrogens is 498 g/mol. The van der Waals surface area contributed by atoms with E-state index < -0.39 is 22.8 Å². The second-order valence-corrected chi connectivity index (χ2v) is 9.66. The van der Waals surface area contributed by atoms with E-state index in [0.29, 0.717) is 33.8 Å². The summed E-state index contributed by atoms with van der Waals surface area (Å²) in [5.74, 6) is -1.61. The van der Waals surface area contributed by atoms with Gasteiger partial charge in [-0.1, -0.05) is 11.6 Å². The molecule has 4 aromatic heterocycles.